The van der Waals surface area contributed by atoms with Gasteiger partial charge in [0.25, 0.3) is 0 Å². The molecule has 33 heavy (non-hydrogen) atoms. The summed E-state index contributed by atoms with van der Waals surface area (Å²) in [4.78, 5) is 2.13. The molecule has 0 amide bonds. The summed E-state index contributed by atoms with van der Waals surface area (Å²) in [7, 11) is -2.23. The molecule has 6 nitrogen and oxygen atoms in total. The molecule has 5 rings (SSSR count). The summed E-state index contributed by atoms with van der Waals surface area (Å²) in [5.41, 5.74) is 6.69. The van der Waals surface area contributed by atoms with Gasteiger partial charge in [0.2, 0.25) is 0 Å². The minimum Gasteiger partial charge on any atom is -0.744 e. The average molecular weight is 462 g/mol. The van der Waals surface area contributed by atoms with Crippen LogP contribution >= 0.6 is 0 Å². The van der Waals surface area contributed by atoms with Crippen molar-refractivity contribution in [2.45, 2.75) is 39.5 Å². The van der Waals surface area contributed by atoms with Crippen molar-refractivity contribution in [3.63, 3.8) is 0 Å². The van der Waals surface area contributed by atoms with Crippen LogP contribution in [0, 0.1) is 34.6 Å². The largest absolute Gasteiger partial charge is 0.744 e. The van der Waals surface area contributed by atoms with E-state index < -0.39 is 10.1 Å². The lowest BCUT2D eigenvalue weighted by Crippen LogP contribution is -2.44. The number of nitrogens with zero attached hydrogens (tertiary/aromatic N) is 3. The summed E-state index contributed by atoms with van der Waals surface area (Å²) < 4.78 is 34.5. The second kappa shape index (κ2) is 8.24. The van der Waals surface area contributed by atoms with Crippen molar-refractivity contribution < 1.29 is 17.7 Å². The van der Waals surface area contributed by atoms with Gasteiger partial charge < -0.3 is 4.55 Å². The van der Waals surface area contributed by atoms with Gasteiger partial charge in [0.05, 0.1) is 23.0 Å². The Morgan fingerprint density at radius 1 is 0.879 bits per heavy atom. The molecule has 0 aliphatic carbocycles. The lowest BCUT2D eigenvalue weighted by Gasteiger charge is -2.22. The smallest absolute Gasteiger partial charge is 0.308 e. The minimum absolute atomic E-state index is 0.0851. The molecule has 1 aromatic heterocycles. The van der Waals surface area contributed by atoms with Gasteiger partial charge in [0.1, 0.15) is 15.8 Å². The van der Waals surface area contributed by atoms with Crippen LogP contribution in [0.4, 0.5) is 11.5 Å². The topological polar surface area (TPSA) is 77.2 Å². The predicted octanol–water partition coefficient (Wildman–Crippen LogP) is 4.73. The van der Waals surface area contributed by atoms with Crippen molar-refractivity contribution in [1.82, 2.24) is 5.10 Å². The number of anilines is 2. The Labute approximate surface area is 194 Å². The molecule has 0 atom stereocenters. The number of aryl methyl sites for hydroxylation is 5. The molecule has 3 aromatic carbocycles. The quantitative estimate of drug-likeness (QED) is 0.303. The Kier molecular flexibility index (Phi) is 5.72. The van der Waals surface area contributed by atoms with E-state index in [4.69, 9.17) is 5.10 Å². The first-order chi connectivity index (χ1) is 15.5. The Bertz CT molecular complexity index is 1480. The summed E-state index contributed by atoms with van der Waals surface area (Å²) in [6.07, 6.45) is 0. The summed E-state index contributed by atoms with van der Waals surface area (Å²) in [5, 5.41) is 7.29. The van der Waals surface area contributed by atoms with Crippen molar-refractivity contribution in [2.75, 3.05) is 11.9 Å². The van der Waals surface area contributed by atoms with Gasteiger partial charge in [-0.05, 0) is 68.8 Å². The van der Waals surface area contributed by atoms with E-state index in [0.717, 1.165) is 22.8 Å². The van der Waals surface area contributed by atoms with Crippen LogP contribution in [0.15, 0.2) is 59.5 Å². The maximum Gasteiger partial charge on any atom is 0.308 e. The highest BCUT2D eigenvalue weighted by atomic mass is 32.2. The van der Waals surface area contributed by atoms with Crippen LogP contribution in [0.3, 0.4) is 0 Å². The third-order valence-electron chi connectivity index (χ3n) is 6.03. The molecular formula is C26H27N3O3S. The lowest BCUT2D eigenvalue weighted by atomic mass is 10.0. The Balaban J connectivity index is 0.000000174. The van der Waals surface area contributed by atoms with Gasteiger partial charge in [0, 0.05) is 6.07 Å². The molecule has 2 heterocycles. The third-order valence-corrected chi connectivity index (χ3v) is 7.18. The van der Waals surface area contributed by atoms with Crippen molar-refractivity contribution in [2.24, 2.45) is 0 Å². The highest BCUT2D eigenvalue weighted by Gasteiger charge is 2.30. The molecule has 1 aliphatic rings. The molecule has 0 saturated heterocycles. The number of benzene rings is 3. The van der Waals surface area contributed by atoms with Crippen LogP contribution < -0.4 is 9.58 Å². The Morgan fingerprint density at radius 3 is 2.09 bits per heavy atom. The second-order valence-electron chi connectivity index (χ2n) is 8.58. The van der Waals surface area contributed by atoms with E-state index in [-0.39, 0.29) is 4.90 Å². The van der Waals surface area contributed by atoms with Crippen LogP contribution in [0.1, 0.15) is 27.9 Å². The maximum absolute atomic E-state index is 10.8. The van der Waals surface area contributed by atoms with Gasteiger partial charge in [0.15, 0.2) is 5.69 Å². The summed E-state index contributed by atoms with van der Waals surface area (Å²) in [6, 6.07) is 18.4. The van der Waals surface area contributed by atoms with Crippen molar-refractivity contribution in [1.29, 1.82) is 0 Å². The third kappa shape index (κ3) is 4.10. The molecule has 1 aliphatic heterocycles. The van der Waals surface area contributed by atoms with Gasteiger partial charge in [-0.25, -0.2) is 13.3 Å². The van der Waals surface area contributed by atoms with Gasteiger partial charge in [-0.2, -0.15) is 0 Å². The van der Waals surface area contributed by atoms with Crippen LogP contribution in [0.25, 0.3) is 16.5 Å². The molecule has 0 spiro atoms. The van der Waals surface area contributed by atoms with Gasteiger partial charge in [-0.3, -0.25) is 0 Å². The predicted molar refractivity (Wildman–Crippen MR) is 129 cm³/mol. The van der Waals surface area contributed by atoms with E-state index in [1.54, 1.807) is 26.0 Å². The van der Waals surface area contributed by atoms with E-state index in [2.05, 4.69) is 72.9 Å². The highest BCUT2D eigenvalue weighted by molar-refractivity contribution is 7.85. The first-order valence-electron chi connectivity index (χ1n) is 10.7. The molecule has 0 saturated carbocycles. The van der Waals surface area contributed by atoms with E-state index in [0.29, 0.717) is 11.1 Å². The highest BCUT2D eigenvalue weighted by Crippen LogP contribution is 2.36. The number of aromatic nitrogens is 2. The number of rotatable bonds is 1. The van der Waals surface area contributed by atoms with E-state index in [1.807, 2.05) is 6.92 Å². The molecular weight excluding hydrogens is 434 g/mol. The number of fused-ring (bicyclic) bond motifs is 2. The minimum atomic E-state index is -4.33. The van der Waals surface area contributed by atoms with Crippen LogP contribution in [-0.4, -0.2) is 25.1 Å². The standard InChI is InChI=1S/C17H16N3.C9H12O3S/c1-11-10-16-19(3)14-8-4-6-13-7-5-9-15(17(13)14)20(16)18-12(11)2;1-6-4-7(2)9(8(3)5-6)13(10,11)12/h4-10H,1-3H3;4-5H,1-3H3,(H,10,11,12)/q+1;/p-1. The summed E-state index contributed by atoms with van der Waals surface area (Å²) in [5.74, 6) is 1.11. The normalized spacial score (nSPS) is 12.3. The zero-order valence-electron chi connectivity index (χ0n) is 19.7. The summed E-state index contributed by atoms with van der Waals surface area (Å²) >= 11 is 0. The first kappa shape index (κ1) is 22.9. The van der Waals surface area contributed by atoms with E-state index >= 15 is 0 Å². The molecule has 170 valence electrons. The fraction of sp³-hybridized carbons (Fsp3) is 0.231. The fourth-order valence-corrected chi connectivity index (χ4v) is 5.40. The molecule has 4 aromatic rings. The Morgan fingerprint density at radius 2 is 1.48 bits per heavy atom. The number of hydrogen-bond donors (Lipinski definition) is 0. The molecule has 0 bridgehead atoms. The molecule has 0 unspecified atom stereocenters. The Hall–Kier alpha value is -3.29. The van der Waals surface area contributed by atoms with Crippen LogP contribution in [0.2, 0.25) is 0 Å². The zero-order valence-corrected chi connectivity index (χ0v) is 20.5. The molecule has 0 fully saturated rings. The first-order valence-corrected chi connectivity index (χ1v) is 12.1. The van der Waals surface area contributed by atoms with Crippen molar-refractivity contribution in [3.05, 3.63) is 82.5 Å². The number of hydrogen-bond acceptors (Lipinski definition) is 5. The monoisotopic (exact) mass is 461 g/mol. The zero-order chi connectivity index (χ0) is 24.1. The van der Waals surface area contributed by atoms with Gasteiger partial charge in [-0.15, -0.1) is 0 Å². The average Bonchev–Trinajstić information content (AvgIpc) is 2.72. The maximum atomic E-state index is 10.8. The van der Waals surface area contributed by atoms with Crippen LogP contribution in [0.5, 0.6) is 0 Å². The molecule has 7 heteroatoms. The molecule has 0 radical (unpaired) electrons. The van der Waals surface area contributed by atoms with Crippen molar-refractivity contribution >= 4 is 32.4 Å². The fourth-order valence-electron chi connectivity index (χ4n) is 4.50. The van der Waals surface area contributed by atoms with Gasteiger partial charge >= 0.3 is 5.82 Å². The van der Waals surface area contributed by atoms with E-state index in [1.165, 1.54) is 22.0 Å². The van der Waals surface area contributed by atoms with Crippen molar-refractivity contribution in [3.8, 4) is 5.69 Å². The van der Waals surface area contributed by atoms with E-state index in [9.17, 15) is 13.0 Å². The SMILES string of the molecule is Cc1cc(C)c(S(=O)(=O)[O-])c(C)c1.Cc1cc2[n+](nc1C)-c1cccc3cccc(c13)N2C. The second-order valence-corrected chi connectivity index (χ2v) is 9.89. The molecule has 0 N–H and O–H groups in total. The van der Waals surface area contributed by atoms with Crippen LogP contribution in [-0.2, 0) is 10.1 Å². The lowest BCUT2D eigenvalue weighted by molar-refractivity contribution is -0.646. The van der Waals surface area contributed by atoms with Gasteiger partial charge in [-0.1, -0.05) is 51.7 Å². The summed E-state index contributed by atoms with van der Waals surface area (Å²) in [6.45, 7) is 9.29.